The molecule has 0 amide bonds. The molecule has 0 aromatic heterocycles. The lowest BCUT2D eigenvalue weighted by molar-refractivity contribution is 0.0543. The van der Waals surface area contributed by atoms with E-state index in [0.29, 0.717) is 13.2 Å². The minimum absolute atomic E-state index is 0.0988. The smallest absolute Gasteiger partial charge is 0.124 e. The minimum atomic E-state index is -0.919. The molecule has 0 saturated heterocycles. The Kier molecular flexibility index (Phi) is 6.37. The largest absolute Gasteiger partial charge is 0.496 e. The van der Waals surface area contributed by atoms with Crippen LogP contribution in [0.4, 0.5) is 0 Å². The van der Waals surface area contributed by atoms with Crippen LogP contribution < -0.4 is 10.1 Å². The van der Waals surface area contributed by atoms with Gasteiger partial charge in [-0.3, -0.25) is 0 Å². The number of rotatable bonds is 8. The van der Waals surface area contributed by atoms with Crippen molar-refractivity contribution < 1.29 is 14.6 Å². The summed E-state index contributed by atoms with van der Waals surface area (Å²) in [6, 6.07) is 15.9. The van der Waals surface area contributed by atoms with Gasteiger partial charge in [0.25, 0.3) is 0 Å². The number of benzene rings is 2. The van der Waals surface area contributed by atoms with Crippen LogP contribution in [0.1, 0.15) is 36.6 Å². The highest BCUT2D eigenvalue weighted by Crippen LogP contribution is 2.25. The van der Waals surface area contributed by atoms with Gasteiger partial charge in [-0.15, -0.1) is 0 Å². The Balaban J connectivity index is 2.07. The third-order valence-electron chi connectivity index (χ3n) is 4.25. The van der Waals surface area contributed by atoms with Crippen molar-refractivity contribution in [3.8, 4) is 5.75 Å². The van der Waals surface area contributed by atoms with Gasteiger partial charge in [0.2, 0.25) is 0 Å². The fourth-order valence-electron chi connectivity index (χ4n) is 2.71. The highest BCUT2D eigenvalue weighted by molar-refractivity contribution is 5.38. The molecule has 0 aliphatic rings. The van der Waals surface area contributed by atoms with Crippen molar-refractivity contribution >= 4 is 0 Å². The van der Waals surface area contributed by atoms with Crippen LogP contribution in [0, 0.1) is 0 Å². The van der Waals surface area contributed by atoms with E-state index in [4.69, 9.17) is 9.47 Å². The van der Waals surface area contributed by atoms with Crippen LogP contribution in [0.25, 0.3) is 0 Å². The summed E-state index contributed by atoms with van der Waals surface area (Å²) in [5, 5.41) is 14.1. The van der Waals surface area contributed by atoms with E-state index in [-0.39, 0.29) is 6.04 Å². The molecule has 0 aliphatic heterocycles. The van der Waals surface area contributed by atoms with E-state index in [1.807, 2.05) is 49.4 Å². The van der Waals surface area contributed by atoms with Crippen LogP contribution in [0.15, 0.2) is 48.5 Å². The van der Waals surface area contributed by atoms with Crippen molar-refractivity contribution in [2.75, 3.05) is 20.8 Å². The maximum Gasteiger partial charge on any atom is 0.124 e. The first-order chi connectivity index (χ1) is 11.5. The second kappa shape index (κ2) is 8.29. The van der Waals surface area contributed by atoms with Crippen molar-refractivity contribution in [3.63, 3.8) is 0 Å². The number of nitrogens with one attached hydrogen (secondary N) is 1. The Bertz CT molecular complexity index is 641. The van der Waals surface area contributed by atoms with E-state index in [0.717, 1.165) is 22.4 Å². The molecule has 0 aliphatic carbocycles. The summed E-state index contributed by atoms with van der Waals surface area (Å²) in [6.45, 7) is 4.88. The third kappa shape index (κ3) is 4.57. The molecule has 0 fully saturated rings. The lowest BCUT2D eigenvalue weighted by atomic mass is 9.95. The van der Waals surface area contributed by atoms with Gasteiger partial charge in [0, 0.05) is 25.3 Å². The molecule has 4 nitrogen and oxygen atoms in total. The van der Waals surface area contributed by atoms with Crippen LogP contribution in [-0.4, -0.2) is 25.9 Å². The van der Waals surface area contributed by atoms with Crippen molar-refractivity contribution in [3.05, 3.63) is 65.2 Å². The molecular formula is C20H27NO3. The van der Waals surface area contributed by atoms with Gasteiger partial charge in [0.05, 0.1) is 19.3 Å². The summed E-state index contributed by atoms with van der Waals surface area (Å²) in [7, 11) is 3.33. The van der Waals surface area contributed by atoms with E-state index in [9.17, 15) is 5.11 Å². The van der Waals surface area contributed by atoms with Crippen molar-refractivity contribution in [1.82, 2.24) is 5.32 Å². The Morgan fingerprint density at radius 3 is 2.46 bits per heavy atom. The number of hydrogen-bond donors (Lipinski definition) is 2. The summed E-state index contributed by atoms with van der Waals surface area (Å²) in [6.07, 6.45) is 0. The molecular weight excluding hydrogens is 302 g/mol. The molecule has 0 radical (unpaired) electrons. The first-order valence-corrected chi connectivity index (χ1v) is 8.15. The maximum absolute atomic E-state index is 10.7. The summed E-state index contributed by atoms with van der Waals surface area (Å²) in [5.41, 5.74) is 2.13. The first kappa shape index (κ1) is 18.5. The number of hydrogen-bond acceptors (Lipinski definition) is 4. The van der Waals surface area contributed by atoms with Crippen LogP contribution in [0.5, 0.6) is 5.75 Å². The molecule has 2 aromatic carbocycles. The topological polar surface area (TPSA) is 50.7 Å². The first-order valence-electron chi connectivity index (χ1n) is 8.15. The highest BCUT2D eigenvalue weighted by atomic mass is 16.5. The van der Waals surface area contributed by atoms with E-state index < -0.39 is 5.60 Å². The molecule has 0 saturated carbocycles. The zero-order valence-corrected chi connectivity index (χ0v) is 14.9. The van der Waals surface area contributed by atoms with Gasteiger partial charge in [-0.1, -0.05) is 36.4 Å². The molecule has 2 atom stereocenters. The molecule has 24 heavy (non-hydrogen) atoms. The fraction of sp³-hybridized carbons (Fsp3) is 0.400. The van der Waals surface area contributed by atoms with Gasteiger partial charge in [-0.2, -0.15) is 0 Å². The molecule has 2 rings (SSSR count). The number of ether oxygens (including phenoxy) is 2. The zero-order chi connectivity index (χ0) is 17.6. The Morgan fingerprint density at radius 2 is 1.83 bits per heavy atom. The summed E-state index contributed by atoms with van der Waals surface area (Å²) < 4.78 is 10.6. The van der Waals surface area contributed by atoms with Gasteiger partial charge >= 0.3 is 0 Å². The van der Waals surface area contributed by atoms with Gasteiger partial charge in [-0.05, 0) is 37.1 Å². The molecule has 0 heterocycles. The minimum Gasteiger partial charge on any atom is -0.496 e. The third-order valence-corrected chi connectivity index (χ3v) is 4.25. The number of aliphatic hydroxyl groups is 1. The molecule has 2 N–H and O–H groups in total. The molecule has 2 aromatic rings. The highest BCUT2D eigenvalue weighted by Gasteiger charge is 2.23. The maximum atomic E-state index is 10.7. The van der Waals surface area contributed by atoms with E-state index >= 15 is 0 Å². The Labute approximate surface area is 144 Å². The molecule has 2 unspecified atom stereocenters. The van der Waals surface area contributed by atoms with Crippen LogP contribution in [-0.2, 0) is 16.9 Å². The predicted octanol–water partition coefficient (Wildman–Crippen LogP) is 3.40. The zero-order valence-electron chi connectivity index (χ0n) is 14.9. The number of methoxy groups -OCH3 is 2. The van der Waals surface area contributed by atoms with E-state index in [1.165, 1.54) is 0 Å². The Morgan fingerprint density at radius 1 is 1.12 bits per heavy atom. The lowest BCUT2D eigenvalue weighted by Gasteiger charge is -2.27. The quantitative estimate of drug-likeness (QED) is 0.779. The normalized spacial score (nSPS) is 14.9. The summed E-state index contributed by atoms with van der Waals surface area (Å²) in [5.74, 6) is 0.823. The van der Waals surface area contributed by atoms with E-state index in [1.54, 1.807) is 14.2 Å². The second-order valence-corrected chi connectivity index (χ2v) is 6.25. The predicted molar refractivity (Wildman–Crippen MR) is 96.1 cm³/mol. The average Bonchev–Trinajstić information content (AvgIpc) is 2.60. The van der Waals surface area contributed by atoms with Gasteiger partial charge in [0.1, 0.15) is 5.75 Å². The molecule has 4 heteroatoms. The SMILES string of the molecule is COCc1cc(C(C)NCC(C)(O)c2ccccc2)ccc1OC. The molecule has 130 valence electrons. The molecule has 0 bridgehead atoms. The Hall–Kier alpha value is -1.88. The lowest BCUT2D eigenvalue weighted by Crippen LogP contribution is -2.36. The van der Waals surface area contributed by atoms with Crippen LogP contribution >= 0.6 is 0 Å². The molecule has 0 spiro atoms. The monoisotopic (exact) mass is 329 g/mol. The fourth-order valence-corrected chi connectivity index (χ4v) is 2.71. The van der Waals surface area contributed by atoms with Crippen LogP contribution in [0.3, 0.4) is 0 Å². The van der Waals surface area contributed by atoms with Gasteiger partial charge < -0.3 is 19.9 Å². The van der Waals surface area contributed by atoms with Crippen molar-refractivity contribution in [1.29, 1.82) is 0 Å². The van der Waals surface area contributed by atoms with Gasteiger partial charge in [-0.25, -0.2) is 0 Å². The van der Waals surface area contributed by atoms with Crippen LogP contribution in [0.2, 0.25) is 0 Å². The average molecular weight is 329 g/mol. The summed E-state index contributed by atoms with van der Waals surface area (Å²) >= 11 is 0. The summed E-state index contributed by atoms with van der Waals surface area (Å²) in [4.78, 5) is 0. The second-order valence-electron chi connectivity index (χ2n) is 6.25. The van der Waals surface area contributed by atoms with E-state index in [2.05, 4.69) is 18.3 Å². The van der Waals surface area contributed by atoms with Crippen molar-refractivity contribution in [2.45, 2.75) is 32.1 Å². The van der Waals surface area contributed by atoms with Crippen molar-refractivity contribution in [2.24, 2.45) is 0 Å². The standard InChI is InChI=1S/C20H27NO3/c1-15(16-10-11-19(24-4)17(12-16)13-23-3)21-14-20(2,22)18-8-6-5-7-9-18/h5-12,15,21-22H,13-14H2,1-4H3. The van der Waals surface area contributed by atoms with Gasteiger partial charge in [0.15, 0.2) is 0 Å².